The SMILES string of the molecule is O=C1C=CC(=O)N1CCOCCOCCOCCOCCOCCOCCOCCOCCOCCOCCOC(c1ccccc1)(c1ccccc1)c1ccccc1. The summed E-state index contributed by atoms with van der Waals surface area (Å²) in [5.74, 6) is -0.616. The van der Waals surface area contributed by atoms with Crippen LogP contribution < -0.4 is 0 Å². The highest BCUT2D eigenvalue weighted by molar-refractivity contribution is 6.12. The zero-order valence-corrected chi connectivity index (χ0v) is 34.1. The number of carbonyl (C=O) groups excluding carboxylic acids is 2. The Bertz CT molecular complexity index is 1420. The van der Waals surface area contributed by atoms with Crippen molar-refractivity contribution in [2.24, 2.45) is 0 Å². The van der Waals surface area contributed by atoms with Gasteiger partial charge in [-0.3, -0.25) is 14.5 Å². The van der Waals surface area contributed by atoms with Gasteiger partial charge in [0.15, 0.2) is 0 Å². The fraction of sp³-hybridized carbons (Fsp3) is 0.511. The average molecular weight is 824 g/mol. The first-order valence-corrected chi connectivity index (χ1v) is 20.3. The normalized spacial score (nSPS) is 12.9. The molecule has 0 N–H and O–H groups in total. The van der Waals surface area contributed by atoms with Crippen LogP contribution in [0.1, 0.15) is 16.7 Å². The van der Waals surface area contributed by atoms with E-state index >= 15 is 0 Å². The van der Waals surface area contributed by atoms with E-state index in [2.05, 4.69) is 36.4 Å². The molecule has 0 saturated heterocycles. The Balaban J connectivity index is 0.851. The van der Waals surface area contributed by atoms with Crippen LogP contribution in [0, 0.1) is 0 Å². The van der Waals surface area contributed by atoms with E-state index in [0.717, 1.165) is 21.6 Å². The highest BCUT2D eigenvalue weighted by atomic mass is 16.6. The summed E-state index contributed by atoms with van der Waals surface area (Å²) in [7, 11) is 0. The molecule has 0 saturated carbocycles. The summed E-state index contributed by atoms with van der Waals surface area (Å²) >= 11 is 0. The molecular weight excluding hydrogens is 762 g/mol. The molecule has 14 heteroatoms. The molecule has 2 amide bonds. The second-order valence-electron chi connectivity index (χ2n) is 12.9. The van der Waals surface area contributed by atoms with E-state index in [0.29, 0.717) is 132 Å². The number of nitrogens with zero attached hydrogens (tertiary/aromatic N) is 1. The molecule has 4 rings (SSSR count). The van der Waals surface area contributed by atoms with Crippen molar-refractivity contribution in [1.82, 2.24) is 4.90 Å². The molecule has 14 nitrogen and oxygen atoms in total. The van der Waals surface area contributed by atoms with Gasteiger partial charge in [0.25, 0.3) is 11.8 Å². The lowest BCUT2D eigenvalue weighted by molar-refractivity contribution is -0.137. The maximum atomic E-state index is 11.4. The molecule has 0 aromatic heterocycles. The molecule has 0 aliphatic carbocycles. The largest absolute Gasteiger partial charge is 0.377 e. The van der Waals surface area contributed by atoms with Crippen LogP contribution in [0.3, 0.4) is 0 Å². The Kier molecular flexibility index (Phi) is 25.1. The maximum absolute atomic E-state index is 11.4. The van der Waals surface area contributed by atoms with Crippen molar-refractivity contribution in [3.63, 3.8) is 0 Å². The zero-order chi connectivity index (χ0) is 41.3. The first-order valence-electron chi connectivity index (χ1n) is 20.3. The first-order chi connectivity index (χ1) is 29.2. The molecule has 1 aliphatic heterocycles. The molecule has 0 unspecified atom stereocenters. The van der Waals surface area contributed by atoms with Gasteiger partial charge in [0.2, 0.25) is 0 Å². The highest BCUT2D eigenvalue weighted by Crippen LogP contribution is 2.40. The van der Waals surface area contributed by atoms with Crippen LogP contribution in [0.25, 0.3) is 0 Å². The molecular formula is C45H61NO13. The number of rotatable bonds is 37. The van der Waals surface area contributed by atoms with E-state index in [1.165, 1.54) is 12.2 Å². The fourth-order valence-electron chi connectivity index (χ4n) is 5.91. The van der Waals surface area contributed by atoms with Crippen LogP contribution in [0.5, 0.6) is 0 Å². The number of carbonyl (C=O) groups is 2. The minimum atomic E-state index is -0.759. The molecule has 0 radical (unpaired) electrons. The van der Waals surface area contributed by atoms with Crippen LogP contribution in [-0.4, -0.2) is 162 Å². The topological polar surface area (TPSA) is 139 Å². The van der Waals surface area contributed by atoms with Gasteiger partial charge >= 0.3 is 0 Å². The van der Waals surface area contributed by atoms with E-state index in [-0.39, 0.29) is 25.0 Å². The van der Waals surface area contributed by atoms with E-state index in [4.69, 9.17) is 52.1 Å². The lowest BCUT2D eigenvalue weighted by Crippen LogP contribution is -2.34. The highest BCUT2D eigenvalue weighted by Gasteiger charge is 2.37. The molecule has 0 fully saturated rings. The molecule has 324 valence electrons. The van der Waals surface area contributed by atoms with Crippen molar-refractivity contribution >= 4 is 11.8 Å². The summed E-state index contributed by atoms with van der Waals surface area (Å²) in [4.78, 5) is 24.0. The van der Waals surface area contributed by atoms with E-state index in [1.807, 2.05) is 54.6 Å². The number of amides is 2. The Hall–Kier alpha value is -3.90. The molecule has 3 aromatic carbocycles. The van der Waals surface area contributed by atoms with Crippen LogP contribution in [0.4, 0.5) is 0 Å². The summed E-state index contributed by atoms with van der Waals surface area (Å²) < 4.78 is 62.2. The molecule has 3 aromatic rings. The average Bonchev–Trinajstić information content (AvgIpc) is 3.60. The van der Waals surface area contributed by atoms with Crippen LogP contribution >= 0.6 is 0 Å². The number of benzene rings is 3. The lowest BCUT2D eigenvalue weighted by Gasteiger charge is -2.36. The Morgan fingerprint density at radius 1 is 0.322 bits per heavy atom. The summed E-state index contributed by atoms with van der Waals surface area (Å²) in [6.45, 7) is 9.67. The standard InChI is InChI=1S/C45H61NO13/c47-43-16-17-44(48)46(43)18-19-49-20-21-50-22-23-51-24-25-52-26-27-53-28-29-54-30-31-55-32-33-56-34-35-57-36-37-58-38-39-59-45(40-10-4-1-5-11-40,41-12-6-2-7-13-41)42-14-8-3-9-15-42/h1-17H,18-39H2. The predicted molar refractivity (Wildman–Crippen MR) is 219 cm³/mol. The van der Waals surface area contributed by atoms with Crippen molar-refractivity contribution in [1.29, 1.82) is 0 Å². The third kappa shape index (κ3) is 18.9. The number of hydrogen-bond acceptors (Lipinski definition) is 13. The Morgan fingerprint density at radius 3 is 0.831 bits per heavy atom. The van der Waals surface area contributed by atoms with Crippen molar-refractivity contribution in [2.45, 2.75) is 5.60 Å². The van der Waals surface area contributed by atoms with Gasteiger partial charge in [0.05, 0.1) is 145 Å². The molecule has 1 heterocycles. The van der Waals surface area contributed by atoms with E-state index in [9.17, 15) is 9.59 Å². The Labute approximate surface area is 348 Å². The summed E-state index contributed by atoms with van der Waals surface area (Å²) in [5.41, 5.74) is 2.42. The third-order valence-corrected chi connectivity index (χ3v) is 8.80. The van der Waals surface area contributed by atoms with E-state index in [1.54, 1.807) is 0 Å². The quantitative estimate of drug-likeness (QED) is 0.0470. The van der Waals surface area contributed by atoms with Crippen molar-refractivity contribution in [2.75, 3.05) is 145 Å². The van der Waals surface area contributed by atoms with Gasteiger partial charge in [0, 0.05) is 12.2 Å². The van der Waals surface area contributed by atoms with Gasteiger partial charge in [0.1, 0.15) is 5.60 Å². The van der Waals surface area contributed by atoms with Gasteiger partial charge in [-0.2, -0.15) is 0 Å². The van der Waals surface area contributed by atoms with Crippen LogP contribution in [0.15, 0.2) is 103 Å². The van der Waals surface area contributed by atoms with Gasteiger partial charge in [-0.25, -0.2) is 0 Å². The minimum Gasteiger partial charge on any atom is -0.377 e. The van der Waals surface area contributed by atoms with Gasteiger partial charge in [-0.15, -0.1) is 0 Å². The lowest BCUT2D eigenvalue weighted by atomic mass is 9.80. The van der Waals surface area contributed by atoms with Crippen molar-refractivity contribution in [3.8, 4) is 0 Å². The molecule has 0 bridgehead atoms. The third-order valence-electron chi connectivity index (χ3n) is 8.80. The summed E-state index contributed by atoms with van der Waals surface area (Å²) in [6.07, 6.45) is 2.51. The van der Waals surface area contributed by atoms with Crippen LogP contribution in [-0.2, 0) is 67.3 Å². The monoisotopic (exact) mass is 823 g/mol. The first kappa shape index (κ1) is 47.8. The molecule has 1 aliphatic rings. The van der Waals surface area contributed by atoms with Crippen molar-refractivity contribution in [3.05, 3.63) is 120 Å². The predicted octanol–water partition coefficient (Wildman–Crippen LogP) is 4.09. The van der Waals surface area contributed by atoms with Gasteiger partial charge in [-0.1, -0.05) is 91.0 Å². The minimum absolute atomic E-state index is 0.236. The smallest absolute Gasteiger partial charge is 0.253 e. The second-order valence-corrected chi connectivity index (χ2v) is 12.9. The van der Waals surface area contributed by atoms with Gasteiger partial charge in [-0.05, 0) is 16.7 Å². The molecule has 0 spiro atoms. The zero-order valence-electron chi connectivity index (χ0n) is 34.1. The number of imide groups is 1. The number of hydrogen-bond donors (Lipinski definition) is 0. The van der Waals surface area contributed by atoms with Gasteiger partial charge < -0.3 is 52.1 Å². The fourth-order valence-corrected chi connectivity index (χ4v) is 5.91. The molecule has 0 atom stereocenters. The second kappa shape index (κ2) is 31.0. The number of ether oxygens (including phenoxy) is 11. The van der Waals surface area contributed by atoms with E-state index < -0.39 is 5.60 Å². The summed E-state index contributed by atoms with van der Waals surface area (Å²) in [6, 6.07) is 30.9. The van der Waals surface area contributed by atoms with Crippen molar-refractivity contribution < 1.29 is 61.7 Å². The molecule has 59 heavy (non-hydrogen) atoms. The van der Waals surface area contributed by atoms with Crippen LogP contribution in [0.2, 0.25) is 0 Å². The Morgan fingerprint density at radius 2 is 0.559 bits per heavy atom. The summed E-state index contributed by atoms with van der Waals surface area (Å²) in [5, 5.41) is 0. The maximum Gasteiger partial charge on any atom is 0.253 e.